The van der Waals surface area contributed by atoms with Crippen LogP contribution in [0.4, 0.5) is 10.5 Å². The molecule has 1 aromatic heterocycles. The molecule has 1 aromatic carbocycles. The van der Waals surface area contributed by atoms with Gasteiger partial charge in [0.25, 0.3) is 5.91 Å². The van der Waals surface area contributed by atoms with Crippen molar-refractivity contribution in [2.45, 2.75) is 6.42 Å². The number of urea groups is 1. The fourth-order valence-electron chi connectivity index (χ4n) is 2.68. The fourth-order valence-corrected chi connectivity index (χ4v) is 2.68. The average molecular weight is 312 g/mol. The molecule has 23 heavy (non-hydrogen) atoms. The lowest BCUT2D eigenvalue weighted by atomic mass is 10.3. The van der Waals surface area contributed by atoms with E-state index in [9.17, 15) is 9.59 Å². The van der Waals surface area contributed by atoms with Gasteiger partial charge in [0.15, 0.2) is 0 Å². The topological polar surface area (TPSA) is 68.4 Å². The molecule has 6 heteroatoms. The van der Waals surface area contributed by atoms with Gasteiger partial charge in [-0.25, -0.2) is 4.79 Å². The van der Waals surface area contributed by atoms with Crippen molar-refractivity contribution in [2.24, 2.45) is 0 Å². The third-order valence-corrected chi connectivity index (χ3v) is 3.92. The summed E-state index contributed by atoms with van der Waals surface area (Å²) in [6.07, 6.45) is 2.51. The van der Waals surface area contributed by atoms with E-state index in [1.54, 1.807) is 22.1 Å². The Balaban J connectivity index is 1.58. The highest BCUT2D eigenvalue weighted by molar-refractivity contribution is 5.92. The summed E-state index contributed by atoms with van der Waals surface area (Å²) in [5, 5.41) is 2.89. The lowest BCUT2D eigenvalue weighted by Crippen LogP contribution is -2.39. The van der Waals surface area contributed by atoms with Gasteiger partial charge >= 0.3 is 6.03 Å². The molecule has 1 saturated heterocycles. The molecule has 120 valence electrons. The number of carbonyl (C=O) groups is 2. The van der Waals surface area contributed by atoms with Crippen LogP contribution in [0.1, 0.15) is 16.9 Å². The first-order valence-corrected chi connectivity index (χ1v) is 7.78. The van der Waals surface area contributed by atoms with Crippen LogP contribution >= 0.6 is 0 Å². The highest BCUT2D eigenvalue weighted by atomic mass is 16.2. The number of nitrogens with zero attached hydrogens (tertiary/aromatic N) is 2. The summed E-state index contributed by atoms with van der Waals surface area (Å²) >= 11 is 0. The van der Waals surface area contributed by atoms with Gasteiger partial charge in [-0.1, -0.05) is 18.2 Å². The van der Waals surface area contributed by atoms with E-state index in [-0.39, 0.29) is 11.9 Å². The van der Waals surface area contributed by atoms with E-state index >= 15 is 0 Å². The zero-order valence-corrected chi connectivity index (χ0v) is 12.9. The van der Waals surface area contributed by atoms with Gasteiger partial charge in [-0.3, -0.25) is 4.79 Å². The second-order valence-electron chi connectivity index (χ2n) is 5.51. The molecule has 1 aliphatic rings. The van der Waals surface area contributed by atoms with Gasteiger partial charge in [0.1, 0.15) is 5.69 Å². The summed E-state index contributed by atoms with van der Waals surface area (Å²) in [6.45, 7) is 2.38. The number of hydrogen-bond donors (Lipinski definition) is 2. The second-order valence-corrected chi connectivity index (χ2v) is 5.51. The van der Waals surface area contributed by atoms with Crippen LogP contribution < -0.4 is 5.32 Å². The number of aromatic amines is 1. The van der Waals surface area contributed by atoms with Crippen LogP contribution in [0.2, 0.25) is 0 Å². The number of carbonyl (C=O) groups excluding carboxylic acids is 2. The SMILES string of the molecule is O=C(Nc1ccccc1)N1CCCN(C(=O)c2ccc[nH]2)CC1. The monoisotopic (exact) mass is 312 g/mol. The van der Waals surface area contributed by atoms with Gasteiger partial charge in [0.05, 0.1) is 0 Å². The van der Waals surface area contributed by atoms with Crippen LogP contribution in [0.25, 0.3) is 0 Å². The molecule has 2 N–H and O–H groups in total. The minimum Gasteiger partial charge on any atom is -0.357 e. The Morgan fingerprint density at radius 3 is 2.39 bits per heavy atom. The van der Waals surface area contributed by atoms with Crippen LogP contribution in [0.5, 0.6) is 0 Å². The molecule has 0 spiro atoms. The molecule has 2 heterocycles. The third-order valence-electron chi connectivity index (χ3n) is 3.92. The van der Waals surface area contributed by atoms with Crippen molar-refractivity contribution in [2.75, 3.05) is 31.5 Å². The Bertz CT molecular complexity index is 654. The maximum atomic E-state index is 12.4. The standard InChI is InChI=1S/C17H20N4O2/c22-16(15-8-4-9-18-15)20-10-5-11-21(13-12-20)17(23)19-14-6-2-1-3-7-14/h1-4,6-9,18H,5,10-13H2,(H,19,23). The Morgan fingerprint density at radius 2 is 1.65 bits per heavy atom. The summed E-state index contributed by atoms with van der Waals surface area (Å²) in [4.78, 5) is 31.2. The van der Waals surface area contributed by atoms with Crippen molar-refractivity contribution in [1.29, 1.82) is 0 Å². The van der Waals surface area contributed by atoms with E-state index in [4.69, 9.17) is 0 Å². The van der Waals surface area contributed by atoms with Gasteiger partial charge in [-0.2, -0.15) is 0 Å². The quantitative estimate of drug-likeness (QED) is 0.894. The minimum atomic E-state index is -0.120. The molecular weight excluding hydrogens is 292 g/mol. The van der Waals surface area contributed by atoms with Gasteiger partial charge in [-0.15, -0.1) is 0 Å². The summed E-state index contributed by atoms with van der Waals surface area (Å²) in [7, 11) is 0. The zero-order chi connectivity index (χ0) is 16.1. The molecule has 1 aliphatic heterocycles. The summed E-state index contributed by atoms with van der Waals surface area (Å²) in [6, 6.07) is 12.9. The maximum Gasteiger partial charge on any atom is 0.321 e. The molecule has 0 radical (unpaired) electrons. The second kappa shape index (κ2) is 7.00. The number of amides is 3. The van der Waals surface area contributed by atoms with Crippen LogP contribution in [-0.2, 0) is 0 Å². The first-order valence-electron chi connectivity index (χ1n) is 7.78. The largest absolute Gasteiger partial charge is 0.357 e. The Morgan fingerprint density at radius 1 is 0.913 bits per heavy atom. The van der Waals surface area contributed by atoms with E-state index in [0.29, 0.717) is 31.9 Å². The van der Waals surface area contributed by atoms with Crippen LogP contribution in [-0.4, -0.2) is 52.9 Å². The Hall–Kier alpha value is -2.76. The Labute approximate surface area is 135 Å². The van der Waals surface area contributed by atoms with Crippen molar-refractivity contribution in [3.05, 3.63) is 54.4 Å². The van der Waals surface area contributed by atoms with Crippen molar-refractivity contribution in [3.63, 3.8) is 0 Å². The maximum absolute atomic E-state index is 12.4. The molecule has 3 amide bonds. The summed E-state index contributed by atoms with van der Waals surface area (Å²) < 4.78 is 0. The summed E-state index contributed by atoms with van der Waals surface area (Å²) in [5.41, 5.74) is 1.37. The molecule has 0 bridgehead atoms. The molecule has 0 unspecified atom stereocenters. The van der Waals surface area contributed by atoms with E-state index in [1.165, 1.54) is 0 Å². The fraction of sp³-hybridized carbons (Fsp3) is 0.294. The van der Waals surface area contributed by atoms with Crippen molar-refractivity contribution < 1.29 is 9.59 Å². The average Bonchev–Trinajstić information content (AvgIpc) is 2.99. The first-order chi connectivity index (χ1) is 11.2. The number of aromatic nitrogens is 1. The molecule has 0 aliphatic carbocycles. The molecule has 6 nitrogen and oxygen atoms in total. The van der Waals surface area contributed by atoms with Crippen LogP contribution in [0.3, 0.4) is 0 Å². The smallest absolute Gasteiger partial charge is 0.321 e. The number of anilines is 1. The number of hydrogen-bond acceptors (Lipinski definition) is 2. The van der Waals surface area contributed by atoms with Crippen molar-refractivity contribution >= 4 is 17.6 Å². The first kappa shape index (κ1) is 15.1. The van der Waals surface area contributed by atoms with Crippen LogP contribution in [0, 0.1) is 0 Å². The van der Waals surface area contributed by atoms with Crippen molar-refractivity contribution in [1.82, 2.24) is 14.8 Å². The van der Waals surface area contributed by atoms with Gasteiger partial charge in [0.2, 0.25) is 0 Å². The van der Waals surface area contributed by atoms with E-state index in [2.05, 4.69) is 10.3 Å². The van der Waals surface area contributed by atoms with Gasteiger partial charge in [0, 0.05) is 38.1 Å². The molecule has 3 rings (SSSR count). The number of nitrogens with one attached hydrogen (secondary N) is 2. The molecule has 0 saturated carbocycles. The lowest BCUT2D eigenvalue weighted by molar-refractivity contribution is 0.0757. The van der Waals surface area contributed by atoms with Gasteiger partial charge in [-0.05, 0) is 30.7 Å². The third kappa shape index (κ3) is 3.71. The number of para-hydroxylation sites is 1. The minimum absolute atomic E-state index is 0.0136. The van der Waals surface area contributed by atoms with E-state index in [0.717, 1.165) is 12.1 Å². The van der Waals surface area contributed by atoms with Crippen LogP contribution in [0.15, 0.2) is 48.7 Å². The summed E-state index contributed by atoms with van der Waals surface area (Å²) in [5.74, 6) is -0.0136. The number of rotatable bonds is 2. The number of H-pyrrole nitrogens is 1. The van der Waals surface area contributed by atoms with Gasteiger partial charge < -0.3 is 20.1 Å². The highest BCUT2D eigenvalue weighted by Gasteiger charge is 2.23. The molecule has 1 fully saturated rings. The predicted octanol–water partition coefficient (Wildman–Crippen LogP) is 2.39. The van der Waals surface area contributed by atoms with E-state index < -0.39 is 0 Å². The predicted molar refractivity (Wildman–Crippen MR) is 88.3 cm³/mol. The molecule has 0 atom stereocenters. The number of benzene rings is 1. The molecule has 2 aromatic rings. The normalized spacial score (nSPS) is 15.1. The Kier molecular flexibility index (Phi) is 4.61. The van der Waals surface area contributed by atoms with E-state index in [1.807, 2.05) is 36.4 Å². The highest BCUT2D eigenvalue weighted by Crippen LogP contribution is 2.11. The van der Waals surface area contributed by atoms with Crippen molar-refractivity contribution in [3.8, 4) is 0 Å². The molecular formula is C17H20N4O2. The zero-order valence-electron chi connectivity index (χ0n) is 12.9. The lowest BCUT2D eigenvalue weighted by Gasteiger charge is -2.22.